The van der Waals surface area contributed by atoms with Gasteiger partial charge in [0.1, 0.15) is 0 Å². The molecule has 0 spiro atoms. The molecule has 2 aromatic heterocycles. The van der Waals surface area contributed by atoms with Crippen molar-refractivity contribution in [2.24, 2.45) is 5.84 Å². The Kier molecular flexibility index (Phi) is 3.84. The van der Waals surface area contributed by atoms with Crippen LogP contribution in [0.1, 0.15) is 16.2 Å². The Morgan fingerprint density at radius 3 is 2.70 bits per heavy atom. The van der Waals surface area contributed by atoms with Gasteiger partial charge in [0.25, 0.3) is 5.91 Å². The molecule has 0 aliphatic rings. The lowest BCUT2D eigenvalue weighted by atomic mass is 10.2. The quantitative estimate of drug-likeness (QED) is 0.275. The number of carbonyl (C=O) groups is 1. The van der Waals surface area contributed by atoms with E-state index in [0.29, 0.717) is 5.69 Å². The highest BCUT2D eigenvalue weighted by Gasteiger charge is 2.23. The predicted octanol–water partition coefficient (Wildman–Crippen LogP) is -0.552. The first-order chi connectivity index (χ1) is 11.2. The number of nitrogens with one attached hydrogen (secondary N) is 2. The maximum Gasteiger partial charge on any atom is 0.287 e. The summed E-state index contributed by atoms with van der Waals surface area (Å²) >= 11 is 0. The Morgan fingerprint density at radius 1 is 1.26 bits per heavy atom. The number of hydrogen-bond acceptors (Lipinski definition) is 9. The fourth-order valence-corrected chi connectivity index (χ4v) is 1.95. The average Bonchev–Trinajstić information content (AvgIpc) is 3.18. The molecule has 1 amide bonds. The number of rotatable bonds is 5. The molecule has 11 nitrogen and oxygen atoms in total. The molecule has 1 aromatic carbocycles. The highest BCUT2D eigenvalue weighted by molar-refractivity contribution is 5.93. The number of amides is 1. The third kappa shape index (κ3) is 2.80. The topological polar surface area (TPSA) is 163 Å². The van der Waals surface area contributed by atoms with Gasteiger partial charge in [-0.3, -0.25) is 10.2 Å². The lowest BCUT2D eigenvalue weighted by Gasteiger charge is -2.08. The summed E-state index contributed by atoms with van der Waals surface area (Å²) in [6, 6.07) is 9.41. The third-order valence-electron chi connectivity index (χ3n) is 3.04. The van der Waals surface area contributed by atoms with Gasteiger partial charge in [0.05, 0.1) is 12.2 Å². The van der Waals surface area contributed by atoms with E-state index in [9.17, 15) is 4.79 Å². The number of benzene rings is 1. The molecular formula is C12H13N9O2. The van der Waals surface area contributed by atoms with Gasteiger partial charge in [-0.1, -0.05) is 23.4 Å². The van der Waals surface area contributed by atoms with Crippen molar-refractivity contribution >= 4 is 17.4 Å². The van der Waals surface area contributed by atoms with Gasteiger partial charge in [0.15, 0.2) is 5.69 Å². The summed E-state index contributed by atoms with van der Waals surface area (Å²) < 4.78 is 5.82. The zero-order valence-electron chi connectivity index (χ0n) is 11.8. The molecule has 3 aromatic rings. The maximum atomic E-state index is 11.8. The van der Waals surface area contributed by atoms with Gasteiger partial charge in [0.2, 0.25) is 11.6 Å². The maximum absolute atomic E-state index is 11.8. The smallest absolute Gasteiger partial charge is 0.287 e. The van der Waals surface area contributed by atoms with E-state index in [0.717, 1.165) is 5.69 Å². The Balaban J connectivity index is 1.96. The molecule has 0 atom stereocenters. The van der Waals surface area contributed by atoms with Crippen molar-refractivity contribution in [3.63, 3.8) is 0 Å². The Morgan fingerprint density at radius 2 is 2.04 bits per heavy atom. The average molecular weight is 315 g/mol. The zero-order valence-corrected chi connectivity index (χ0v) is 11.8. The second-order valence-corrected chi connectivity index (χ2v) is 4.46. The van der Waals surface area contributed by atoms with Crippen LogP contribution in [0.3, 0.4) is 0 Å². The van der Waals surface area contributed by atoms with Gasteiger partial charge in [-0.05, 0) is 22.4 Å². The minimum atomic E-state index is -0.587. The van der Waals surface area contributed by atoms with Crippen LogP contribution in [-0.4, -0.2) is 31.2 Å². The molecule has 0 unspecified atom stereocenters. The van der Waals surface area contributed by atoms with Crippen LogP contribution in [0.25, 0.3) is 5.82 Å². The van der Waals surface area contributed by atoms with E-state index in [1.54, 1.807) is 0 Å². The second kappa shape index (κ2) is 6.11. The van der Waals surface area contributed by atoms with Crippen LogP contribution in [0.2, 0.25) is 0 Å². The molecule has 0 bridgehead atoms. The van der Waals surface area contributed by atoms with Gasteiger partial charge in [-0.2, -0.15) is 4.68 Å². The number of anilines is 2. The Bertz CT molecular complexity index is 811. The van der Waals surface area contributed by atoms with E-state index in [4.69, 9.17) is 11.6 Å². The Hall–Kier alpha value is -3.47. The fraction of sp³-hybridized carbons (Fsp3) is 0.0833. The molecule has 0 saturated carbocycles. The van der Waals surface area contributed by atoms with Crippen molar-refractivity contribution in [1.82, 2.24) is 30.7 Å². The van der Waals surface area contributed by atoms with Crippen molar-refractivity contribution < 1.29 is 9.42 Å². The predicted molar refractivity (Wildman–Crippen MR) is 79.0 cm³/mol. The molecule has 0 fully saturated rings. The molecular weight excluding hydrogens is 302 g/mol. The first-order valence-corrected chi connectivity index (χ1v) is 6.53. The summed E-state index contributed by atoms with van der Waals surface area (Å²) in [6.07, 6.45) is 0. The number of hydrogen-bond donors (Lipinski definition) is 4. The summed E-state index contributed by atoms with van der Waals surface area (Å²) in [5.74, 6) is 4.74. The number of nitrogens with zero attached hydrogens (tertiary/aromatic N) is 5. The van der Waals surface area contributed by atoms with Crippen LogP contribution in [0.15, 0.2) is 35.0 Å². The largest absolute Gasteiger partial charge is 0.379 e. The number of nitrogen functional groups attached to an aromatic ring is 2. The normalized spacial score (nSPS) is 10.5. The van der Waals surface area contributed by atoms with Gasteiger partial charge in [0, 0.05) is 5.69 Å². The first kappa shape index (κ1) is 14.5. The molecule has 118 valence electrons. The molecule has 6 N–H and O–H groups in total. The molecule has 11 heteroatoms. The Labute approximate surface area is 129 Å². The fourth-order valence-electron chi connectivity index (χ4n) is 1.95. The van der Waals surface area contributed by atoms with Crippen LogP contribution in [-0.2, 0) is 6.54 Å². The highest BCUT2D eigenvalue weighted by Crippen LogP contribution is 2.17. The van der Waals surface area contributed by atoms with Crippen LogP contribution in [0, 0.1) is 0 Å². The van der Waals surface area contributed by atoms with E-state index in [2.05, 4.69) is 30.6 Å². The molecule has 0 radical (unpaired) electrons. The minimum Gasteiger partial charge on any atom is -0.379 e. The van der Waals surface area contributed by atoms with Gasteiger partial charge in [-0.15, -0.1) is 5.10 Å². The van der Waals surface area contributed by atoms with Crippen LogP contribution in [0.5, 0.6) is 0 Å². The molecule has 2 heterocycles. The highest BCUT2D eigenvalue weighted by atomic mass is 16.6. The van der Waals surface area contributed by atoms with Crippen molar-refractivity contribution in [1.29, 1.82) is 0 Å². The van der Waals surface area contributed by atoms with Gasteiger partial charge in [-0.25, -0.2) is 10.5 Å². The van der Waals surface area contributed by atoms with E-state index >= 15 is 0 Å². The van der Waals surface area contributed by atoms with Crippen molar-refractivity contribution in [2.75, 3.05) is 11.1 Å². The number of carbonyl (C=O) groups excluding carboxylic acids is 1. The SMILES string of the molecule is NNC(=O)c1nnn(-c2nonc2N)c1CNc1ccccc1. The lowest BCUT2D eigenvalue weighted by Crippen LogP contribution is -2.31. The third-order valence-corrected chi connectivity index (χ3v) is 3.04. The lowest BCUT2D eigenvalue weighted by molar-refractivity contribution is 0.0947. The van der Waals surface area contributed by atoms with Crippen molar-refractivity contribution in [3.8, 4) is 5.82 Å². The van der Waals surface area contributed by atoms with Crippen LogP contribution >= 0.6 is 0 Å². The van der Waals surface area contributed by atoms with E-state index < -0.39 is 5.91 Å². The molecule has 23 heavy (non-hydrogen) atoms. The van der Waals surface area contributed by atoms with Crippen LogP contribution in [0.4, 0.5) is 11.5 Å². The molecule has 0 aliphatic carbocycles. The number of aromatic nitrogens is 5. The number of hydrazine groups is 1. The summed E-state index contributed by atoms with van der Waals surface area (Å²) in [5.41, 5.74) is 8.98. The summed E-state index contributed by atoms with van der Waals surface area (Å²) in [5, 5.41) is 18.0. The molecule has 0 aliphatic heterocycles. The number of nitrogens with two attached hydrogens (primary N) is 2. The van der Waals surface area contributed by atoms with Crippen molar-refractivity contribution in [3.05, 3.63) is 41.7 Å². The second-order valence-electron chi connectivity index (χ2n) is 4.46. The van der Waals surface area contributed by atoms with E-state index in [1.165, 1.54) is 4.68 Å². The van der Waals surface area contributed by atoms with Crippen molar-refractivity contribution in [2.45, 2.75) is 6.54 Å². The van der Waals surface area contributed by atoms with Gasteiger partial charge < -0.3 is 11.1 Å². The molecule has 0 saturated heterocycles. The standard InChI is InChI=1S/C12H13N9O2/c13-10-11(19-23-18-10)21-8(9(17-20-21)12(22)16-14)6-15-7-4-2-1-3-5-7/h1-5,15H,6,14H2,(H2,13,18)(H,16,22). The molecule has 3 rings (SSSR count). The minimum absolute atomic E-state index is 0.0237. The zero-order chi connectivity index (χ0) is 16.2. The van der Waals surface area contributed by atoms with E-state index in [1.807, 2.05) is 35.8 Å². The van der Waals surface area contributed by atoms with Gasteiger partial charge >= 0.3 is 0 Å². The monoisotopic (exact) mass is 315 g/mol. The summed E-state index contributed by atoms with van der Waals surface area (Å²) in [7, 11) is 0. The first-order valence-electron chi connectivity index (χ1n) is 6.53. The number of para-hydroxylation sites is 1. The summed E-state index contributed by atoms with van der Waals surface area (Å²) in [6.45, 7) is 0.228. The summed E-state index contributed by atoms with van der Waals surface area (Å²) in [4.78, 5) is 11.8. The van der Waals surface area contributed by atoms with Crippen LogP contribution < -0.4 is 22.3 Å². The van der Waals surface area contributed by atoms with E-state index in [-0.39, 0.29) is 23.9 Å².